The maximum Gasteiger partial charge on any atom is 0.217 e. The third-order valence-corrected chi connectivity index (χ3v) is 4.62. The molecule has 0 N–H and O–H groups in total. The lowest BCUT2D eigenvalue weighted by Gasteiger charge is -2.41. The van der Waals surface area contributed by atoms with Gasteiger partial charge in [-0.05, 0) is 37.3 Å². The van der Waals surface area contributed by atoms with E-state index in [1.807, 2.05) is 18.2 Å². The number of ether oxygens (including phenoxy) is 2. The molecule has 1 saturated heterocycles. The first-order valence-electron chi connectivity index (χ1n) is 8.32. The van der Waals surface area contributed by atoms with E-state index in [9.17, 15) is 0 Å². The van der Waals surface area contributed by atoms with Crippen LogP contribution in [0.4, 0.5) is 5.69 Å². The fraction of sp³-hybridized carbons (Fsp3) is 0.421. The van der Waals surface area contributed by atoms with E-state index in [0.717, 1.165) is 43.4 Å². The molecular weight excluding hydrogens is 302 g/mol. The molecule has 1 atom stereocenters. The smallest absolute Gasteiger partial charge is 0.217 e. The molecule has 1 aromatic carbocycles. The van der Waals surface area contributed by atoms with Crippen LogP contribution in [0.2, 0.25) is 0 Å². The largest absolute Gasteiger partial charge is 0.497 e. The predicted molar refractivity (Wildman–Crippen MR) is 95.9 cm³/mol. The van der Waals surface area contributed by atoms with Crippen LogP contribution >= 0.6 is 0 Å². The molecule has 0 bridgehead atoms. The molecule has 1 unspecified atom stereocenters. The van der Waals surface area contributed by atoms with Gasteiger partial charge in [-0.3, -0.25) is 4.90 Å². The average molecular weight is 327 g/mol. The lowest BCUT2D eigenvalue weighted by atomic mass is 10.1. The van der Waals surface area contributed by atoms with Crippen LogP contribution in [0.3, 0.4) is 0 Å². The molecule has 2 heterocycles. The van der Waals surface area contributed by atoms with E-state index in [1.54, 1.807) is 20.4 Å². The summed E-state index contributed by atoms with van der Waals surface area (Å²) in [6, 6.07) is 12.8. The maximum atomic E-state index is 5.37. The third-order valence-electron chi connectivity index (χ3n) is 4.62. The summed E-state index contributed by atoms with van der Waals surface area (Å²) in [5, 5.41) is 0. The van der Waals surface area contributed by atoms with Gasteiger partial charge in [0.1, 0.15) is 5.75 Å². The van der Waals surface area contributed by atoms with Gasteiger partial charge in [0.05, 0.1) is 14.2 Å². The van der Waals surface area contributed by atoms with Gasteiger partial charge in [0.25, 0.3) is 0 Å². The molecule has 0 saturated carbocycles. The van der Waals surface area contributed by atoms with Crippen LogP contribution in [0.15, 0.2) is 42.6 Å². The number of benzene rings is 1. The van der Waals surface area contributed by atoms with Crippen LogP contribution in [-0.2, 0) is 6.54 Å². The van der Waals surface area contributed by atoms with E-state index in [0.29, 0.717) is 6.04 Å². The summed E-state index contributed by atoms with van der Waals surface area (Å²) in [4.78, 5) is 9.21. The highest BCUT2D eigenvalue weighted by molar-refractivity contribution is 5.49. The van der Waals surface area contributed by atoms with Crippen LogP contribution in [0.5, 0.6) is 11.6 Å². The Morgan fingerprint density at radius 1 is 1.08 bits per heavy atom. The number of pyridine rings is 1. The Bertz CT molecular complexity index is 660. The number of methoxy groups -OCH3 is 2. The number of hydrogen-bond acceptors (Lipinski definition) is 5. The molecule has 0 amide bonds. The first-order valence-corrected chi connectivity index (χ1v) is 8.32. The molecule has 1 aromatic heterocycles. The quantitative estimate of drug-likeness (QED) is 0.844. The van der Waals surface area contributed by atoms with E-state index in [2.05, 4.69) is 39.9 Å². The highest BCUT2D eigenvalue weighted by atomic mass is 16.5. The summed E-state index contributed by atoms with van der Waals surface area (Å²) < 4.78 is 10.6. The lowest BCUT2D eigenvalue weighted by Crippen LogP contribution is -2.51. The first-order chi connectivity index (χ1) is 11.7. The molecule has 3 rings (SSSR count). The number of hydrogen-bond donors (Lipinski definition) is 0. The fourth-order valence-corrected chi connectivity index (χ4v) is 3.20. The fourth-order valence-electron chi connectivity index (χ4n) is 3.20. The Morgan fingerprint density at radius 3 is 2.54 bits per heavy atom. The number of nitrogens with zero attached hydrogens (tertiary/aromatic N) is 3. The van der Waals surface area contributed by atoms with Crippen LogP contribution in [0, 0.1) is 0 Å². The SMILES string of the molecule is COc1ccc(N2CCN(Cc3cccnc3OC)C(C)C2)cc1. The molecule has 0 aliphatic carbocycles. The number of rotatable bonds is 5. The Hall–Kier alpha value is -2.27. The van der Waals surface area contributed by atoms with Gasteiger partial charge in [-0.2, -0.15) is 0 Å². The highest BCUT2D eigenvalue weighted by Crippen LogP contribution is 2.24. The van der Waals surface area contributed by atoms with Crippen LogP contribution < -0.4 is 14.4 Å². The molecule has 5 nitrogen and oxygen atoms in total. The monoisotopic (exact) mass is 327 g/mol. The topological polar surface area (TPSA) is 37.8 Å². The van der Waals surface area contributed by atoms with Gasteiger partial charge >= 0.3 is 0 Å². The Balaban J connectivity index is 1.64. The van der Waals surface area contributed by atoms with Crippen LogP contribution in [-0.4, -0.2) is 49.8 Å². The Morgan fingerprint density at radius 2 is 1.88 bits per heavy atom. The van der Waals surface area contributed by atoms with Gasteiger partial charge in [0.15, 0.2) is 0 Å². The molecule has 1 aliphatic heterocycles. The van der Waals surface area contributed by atoms with Crippen molar-refractivity contribution in [3.8, 4) is 11.6 Å². The molecular formula is C19H25N3O2. The predicted octanol–water partition coefficient (Wildman–Crippen LogP) is 2.81. The summed E-state index contributed by atoms with van der Waals surface area (Å²) in [6.07, 6.45) is 1.77. The van der Waals surface area contributed by atoms with Crippen molar-refractivity contribution in [2.45, 2.75) is 19.5 Å². The Labute approximate surface area is 143 Å². The van der Waals surface area contributed by atoms with Gasteiger partial charge in [-0.25, -0.2) is 4.98 Å². The third kappa shape index (κ3) is 3.62. The average Bonchev–Trinajstić information content (AvgIpc) is 2.64. The molecule has 128 valence electrons. The van der Waals surface area contributed by atoms with Gasteiger partial charge in [0, 0.05) is 49.7 Å². The zero-order chi connectivity index (χ0) is 16.9. The number of anilines is 1. The summed E-state index contributed by atoms with van der Waals surface area (Å²) in [6.45, 7) is 6.19. The standard InChI is InChI=1S/C19H25N3O2/c1-15-13-22(17-6-8-18(23-2)9-7-17)12-11-21(15)14-16-5-4-10-20-19(16)24-3/h4-10,15H,11-14H2,1-3H3. The summed E-state index contributed by atoms with van der Waals surface area (Å²) in [5.74, 6) is 1.62. The second-order valence-electron chi connectivity index (χ2n) is 6.14. The van der Waals surface area contributed by atoms with Crippen molar-refractivity contribution in [3.05, 3.63) is 48.2 Å². The van der Waals surface area contributed by atoms with E-state index >= 15 is 0 Å². The van der Waals surface area contributed by atoms with Crippen molar-refractivity contribution >= 4 is 5.69 Å². The molecule has 24 heavy (non-hydrogen) atoms. The van der Waals surface area contributed by atoms with Crippen LogP contribution in [0.1, 0.15) is 12.5 Å². The zero-order valence-corrected chi connectivity index (χ0v) is 14.6. The van der Waals surface area contributed by atoms with E-state index in [1.165, 1.54) is 5.69 Å². The minimum atomic E-state index is 0.464. The van der Waals surface area contributed by atoms with Crippen molar-refractivity contribution in [2.24, 2.45) is 0 Å². The maximum absolute atomic E-state index is 5.37. The van der Waals surface area contributed by atoms with Crippen molar-refractivity contribution < 1.29 is 9.47 Å². The van der Waals surface area contributed by atoms with Gasteiger partial charge in [-0.1, -0.05) is 6.07 Å². The number of piperazine rings is 1. The molecule has 1 aliphatic rings. The lowest BCUT2D eigenvalue weighted by molar-refractivity contribution is 0.178. The van der Waals surface area contributed by atoms with Crippen molar-refractivity contribution in [1.82, 2.24) is 9.88 Å². The van der Waals surface area contributed by atoms with E-state index in [-0.39, 0.29) is 0 Å². The molecule has 1 fully saturated rings. The second kappa shape index (κ2) is 7.53. The molecule has 2 aromatic rings. The van der Waals surface area contributed by atoms with Crippen molar-refractivity contribution in [3.63, 3.8) is 0 Å². The van der Waals surface area contributed by atoms with E-state index < -0.39 is 0 Å². The second-order valence-corrected chi connectivity index (χ2v) is 6.14. The summed E-state index contributed by atoms with van der Waals surface area (Å²) in [7, 11) is 3.37. The van der Waals surface area contributed by atoms with Crippen molar-refractivity contribution in [1.29, 1.82) is 0 Å². The van der Waals surface area contributed by atoms with Gasteiger partial charge in [-0.15, -0.1) is 0 Å². The molecule has 5 heteroatoms. The normalized spacial score (nSPS) is 18.5. The van der Waals surface area contributed by atoms with Gasteiger partial charge in [0.2, 0.25) is 5.88 Å². The molecule has 0 spiro atoms. The van der Waals surface area contributed by atoms with Crippen molar-refractivity contribution in [2.75, 3.05) is 38.8 Å². The molecule has 0 radical (unpaired) electrons. The van der Waals surface area contributed by atoms with E-state index in [4.69, 9.17) is 9.47 Å². The van der Waals surface area contributed by atoms with Crippen LogP contribution in [0.25, 0.3) is 0 Å². The minimum Gasteiger partial charge on any atom is -0.497 e. The number of aromatic nitrogens is 1. The zero-order valence-electron chi connectivity index (χ0n) is 14.6. The summed E-state index contributed by atoms with van der Waals surface area (Å²) >= 11 is 0. The summed E-state index contributed by atoms with van der Waals surface area (Å²) in [5.41, 5.74) is 2.39. The van der Waals surface area contributed by atoms with Gasteiger partial charge < -0.3 is 14.4 Å². The highest BCUT2D eigenvalue weighted by Gasteiger charge is 2.24. The minimum absolute atomic E-state index is 0.464. The Kier molecular flexibility index (Phi) is 5.20. The first kappa shape index (κ1) is 16.6.